The summed E-state index contributed by atoms with van der Waals surface area (Å²) in [5.41, 5.74) is 11.1. The van der Waals surface area contributed by atoms with Crippen molar-refractivity contribution in [3.8, 4) is 0 Å². The molecule has 0 amide bonds. The van der Waals surface area contributed by atoms with Crippen molar-refractivity contribution in [1.82, 2.24) is 0 Å². The van der Waals surface area contributed by atoms with Crippen LogP contribution in [0.25, 0.3) is 0 Å². The van der Waals surface area contributed by atoms with Gasteiger partial charge in [0.15, 0.2) is 0 Å². The Morgan fingerprint density at radius 2 is 1.18 bits per heavy atom. The highest BCUT2D eigenvalue weighted by Crippen LogP contribution is 2.22. The summed E-state index contributed by atoms with van der Waals surface area (Å²) in [4.78, 5) is 0. The SMILES string of the molecule is CC(C)C(CCN)CCCCCCCCCN. The Balaban J connectivity index is 3.30. The second-order valence-electron chi connectivity index (χ2n) is 5.63. The highest BCUT2D eigenvalue weighted by atomic mass is 14.5. The normalized spacial score (nSPS) is 13.2. The molecule has 2 heteroatoms. The number of hydrogen-bond donors (Lipinski definition) is 2. The molecule has 0 aliphatic carbocycles. The van der Waals surface area contributed by atoms with Gasteiger partial charge in [-0.15, -0.1) is 0 Å². The highest BCUT2D eigenvalue weighted by molar-refractivity contribution is 4.64. The lowest BCUT2D eigenvalue weighted by atomic mass is 9.87. The van der Waals surface area contributed by atoms with Crippen LogP contribution in [0.1, 0.15) is 71.6 Å². The Labute approximate surface area is 109 Å². The molecule has 0 aromatic rings. The molecule has 1 atom stereocenters. The summed E-state index contributed by atoms with van der Waals surface area (Å²) >= 11 is 0. The molecule has 0 radical (unpaired) electrons. The van der Waals surface area contributed by atoms with Gasteiger partial charge in [-0.3, -0.25) is 0 Å². The van der Waals surface area contributed by atoms with Gasteiger partial charge in [-0.2, -0.15) is 0 Å². The van der Waals surface area contributed by atoms with Crippen molar-refractivity contribution in [2.75, 3.05) is 13.1 Å². The van der Waals surface area contributed by atoms with Crippen LogP contribution in [0.15, 0.2) is 0 Å². The minimum absolute atomic E-state index is 0.795. The number of nitrogens with two attached hydrogens (primary N) is 2. The van der Waals surface area contributed by atoms with E-state index in [0.717, 1.165) is 24.9 Å². The average molecular weight is 242 g/mol. The fourth-order valence-electron chi connectivity index (χ4n) is 2.46. The number of rotatable bonds is 12. The molecule has 0 aromatic carbocycles. The second-order valence-corrected chi connectivity index (χ2v) is 5.63. The van der Waals surface area contributed by atoms with Crippen molar-refractivity contribution >= 4 is 0 Å². The predicted molar refractivity (Wildman–Crippen MR) is 78.0 cm³/mol. The fraction of sp³-hybridized carbons (Fsp3) is 1.00. The molecule has 0 aliphatic rings. The molecular weight excluding hydrogens is 208 g/mol. The molecule has 1 unspecified atom stereocenters. The molecule has 4 N–H and O–H groups in total. The molecule has 0 rings (SSSR count). The summed E-state index contributed by atoms with van der Waals surface area (Å²) in [6, 6.07) is 0. The summed E-state index contributed by atoms with van der Waals surface area (Å²) in [5.74, 6) is 1.64. The van der Waals surface area contributed by atoms with E-state index in [2.05, 4.69) is 13.8 Å². The molecule has 0 heterocycles. The third-order valence-corrected chi connectivity index (χ3v) is 3.76. The van der Waals surface area contributed by atoms with Crippen LogP contribution in [-0.2, 0) is 0 Å². The van der Waals surface area contributed by atoms with E-state index in [1.165, 1.54) is 57.8 Å². The molecule has 0 saturated carbocycles. The topological polar surface area (TPSA) is 52.0 Å². The van der Waals surface area contributed by atoms with Crippen LogP contribution >= 0.6 is 0 Å². The fourth-order valence-corrected chi connectivity index (χ4v) is 2.46. The first-order valence-electron chi connectivity index (χ1n) is 7.62. The lowest BCUT2D eigenvalue weighted by molar-refractivity contribution is 0.328. The Bertz CT molecular complexity index is 146. The Morgan fingerprint density at radius 1 is 0.647 bits per heavy atom. The Morgan fingerprint density at radius 3 is 1.65 bits per heavy atom. The first-order chi connectivity index (χ1) is 8.22. The van der Waals surface area contributed by atoms with Gasteiger partial charge in [0.25, 0.3) is 0 Å². The van der Waals surface area contributed by atoms with E-state index in [-0.39, 0.29) is 0 Å². The smallest absolute Gasteiger partial charge is 0.00745 e. The van der Waals surface area contributed by atoms with Crippen LogP contribution in [0, 0.1) is 11.8 Å². The maximum absolute atomic E-state index is 5.66. The van der Waals surface area contributed by atoms with E-state index < -0.39 is 0 Å². The van der Waals surface area contributed by atoms with Crippen LogP contribution in [0.4, 0.5) is 0 Å². The average Bonchev–Trinajstić information content (AvgIpc) is 2.31. The van der Waals surface area contributed by atoms with Gasteiger partial charge in [0, 0.05) is 0 Å². The predicted octanol–water partition coefficient (Wildman–Crippen LogP) is 3.69. The Hall–Kier alpha value is -0.0800. The monoisotopic (exact) mass is 242 g/mol. The molecule has 2 nitrogen and oxygen atoms in total. The first-order valence-corrected chi connectivity index (χ1v) is 7.62. The molecule has 0 fully saturated rings. The molecule has 0 aliphatic heterocycles. The van der Waals surface area contributed by atoms with Gasteiger partial charge >= 0.3 is 0 Å². The molecule has 0 aromatic heterocycles. The first kappa shape index (κ1) is 16.9. The van der Waals surface area contributed by atoms with Gasteiger partial charge in [-0.25, -0.2) is 0 Å². The van der Waals surface area contributed by atoms with Gasteiger partial charge in [-0.05, 0) is 37.8 Å². The van der Waals surface area contributed by atoms with Crippen molar-refractivity contribution in [2.45, 2.75) is 71.6 Å². The molecule has 0 bridgehead atoms. The van der Waals surface area contributed by atoms with E-state index in [0.29, 0.717) is 0 Å². The van der Waals surface area contributed by atoms with E-state index >= 15 is 0 Å². The number of unbranched alkanes of at least 4 members (excludes halogenated alkanes) is 6. The van der Waals surface area contributed by atoms with Crippen LogP contribution in [0.2, 0.25) is 0 Å². The molecular formula is C15H34N2. The largest absolute Gasteiger partial charge is 0.330 e. The van der Waals surface area contributed by atoms with E-state index in [4.69, 9.17) is 11.5 Å². The van der Waals surface area contributed by atoms with Crippen molar-refractivity contribution < 1.29 is 0 Å². The minimum Gasteiger partial charge on any atom is -0.330 e. The third-order valence-electron chi connectivity index (χ3n) is 3.76. The summed E-state index contributed by atoms with van der Waals surface area (Å²) in [6.07, 6.45) is 12.0. The van der Waals surface area contributed by atoms with Crippen molar-refractivity contribution in [1.29, 1.82) is 0 Å². The van der Waals surface area contributed by atoms with Crippen LogP contribution in [-0.4, -0.2) is 13.1 Å². The lowest BCUT2D eigenvalue weighted by Crippen LogP contribution is -2.14. The van der Waals surface area contributed by atoms with Gasteiger partial charge in [-0.1, -0.05) is 58.8 Å². The van der Waals surface area contributed by atoms with E-state index in [1.807, 2.05) is 0 Å². The summed E-state index contributed by atoms with van der Waals surface area (Å²) in [7, 11) is 0. The lowest BCUT2D eigenvalue weighted by Gasteiger charge is -2.19. The minimum atomic E-state index is 0.795. The standard InChI is InChI=1S/C15H34N2/c1-14(2)15(11-13-17)10-8-6-4-3-5-7-9-12-16/h14-15H,3-13,16-17H2,1-2H3. The molecule has 104 valence electrons. The number of hydrogen-bond acceptors (Lipinski definition) is 2. The maximum atomic E-state index is 5.66. The van der Waals surface area contributed by atoms with Crippen molar-refractivity contribution in [2.24, 2.45) is 23.3 Å². The van der Waals surface area contributed by atoms with Gasteiger partial charge in [0.1, 0.15) is 0 Å². The zero-order chi connectivity index (χ0) is 12.9. The van der Waals surface area contributed by atoms with Crippen molar-refractivity contribution in [3.63, 3.8) is 0 Å². The third kappa shape index (κ3) is 10.8. The van der Waals surface area contributed by atoms with Gasteiger partial charge < -0.3 is 11.5 Å². The summed E-state index contributed by atoms with van der Waals surface area (Å²) in [6.45, 7) is 6.36. The summed E-state index contributed by atoms with van der Waals surface area (Å²) in [5, 5.41) is 0. The van der Waals surface area contributed by atoms with Crippen LogP contribution in [0.3, 0.4) is 0 Å². The van der Waals surface area contributed by atoms with Crippen LogP contribution < -0.4 is 11.5 Å². The maximum Gasteiger partial charge on any atom is -0.00745 e. The zero-order valence-corrected chi connectivity index (χ0v) is 12.1. The van der Waals surface area contributed by atoms with Crippen LogP contribution in [0.5, 0.6) is 0 Å². The second kappa shape index (κ2) is 12.4. The molecule has 17 heavy (non-hydrogen) atoms. The van der Waals surface area contributed by atoms with Gasteiger partial charge in [0.05, 0.1) is 0 Å². The van der Waals surface area contributed by atoms with E-state index in [1.54, 1.807) is 0 Å². The van der Waals surface area contributed by atoms with Crippen molar-refractivity contribution in [3.05, 3.63) is 0 Å². The highest BCUT2D eigenvalue weighted by Gasteiger charge is 2.11. The zero-order valence-electron chi connectivity index (χ0n) is 12.1. The Kier molecular flexibility index (Phi) is 12.3. The summed E-state index contributed by atoms with van der Waals surface area (Å²) < 4.78 is 0. The quantitative estimate of drug-likeness (QED) is 0.513. The molecule has 0 spiro atoms. The molecule has 0 saturated heterocycles. The van der Waals surface area contributed by atoms with E-state index in [9.17, 15) is 0 Å². The van der Waals surface area contributed by atoms with Gasteiger partial charge in [0.2, 0.25) is 0 Å².